The number of furan rings is 1. The third kappa shape index (κ3) is 4.76. The minimum atomic E-state index is -0.586. The Labute approximate surface area is 192 Å². The maximum absolute atomic E-state index is 12.7. The first-order valence-electron chi connectivity index (χ1n) is 9.91. The lowest BCUT2D eigenvalue weighted by atomic mass is 10.1. The fraction of sp³-hybridized carbons (Fsp3) is 0.286. The van der Waals surface area contributed by atoms with Crippen molar-refractivity contribution in [1.82, 2.24) is 9.80 Å². The van der Waals surface area contributed by atoms with E-state index in [4.69, 9.17) is 13.9 Å². The molecule has 0 bridgehead atoms. The zero-order valence-electron chi connectivity index (χ0n) is 17.5. The minimum absolute atomic E-state index is 0.113. The van der Waals surface area contributed by atoms with Gasteiger partial charge in [-0.15, -0.1) is 0 Å². The van der Waals surface area contributed by atoms with Crippen molar-refractivity contribution in [3.8, 4) is 17.1 Å². The number of ether oxygens (including phenoxy) is 2. The number of imide groups is 1. The average Bonchev–Trinajstić information content (AvgIpc) is 3.39. The highest BCUT2D eigenvalue weighted by atomic mass is 32.2. The number of nitrogens with zero attached hydrogens (tertiary/aromatic N) is 3. The highest BCUT2D eigenvalue weighted by molar-refractivity contribution is 8.18. The molecule has 0 saturated carbocycles. The third-order valence-electron chi connectivity index (χ3n) is 5.09. The lowest BCUT2D eigenvalue weighted by Gasteiger charge is -2.27. The number of amides is 3. The predicted molar refractivity (Wildman–Crippen MR) is 117 cm³/mol. The molecule has 11 nitrogen and oxygen atoms in total. The van der Waals surface area contributed by atoms with Crippen LogP contribution in [0.3, 0.4) is 0 Å². The zero-order valence-corrected chi connectivity index (χ0v) is 18.3. The highest BCUT2D eigenvalue weighted by Crippen LogP contribution is 2.36. The Balaban J connectivity index is 1.52. The summed E-state index contributed by atoms with van der Waals surface area (Å²) in [5.74, 6) is 0.0351. The number of morpholine rings is 1. The summed E-state index contributed by atoms with van der Waals surface area (Å²) in [6, 6.07) is 7.26. The third-order valence-corrected chi connectivity index (χ3v) is 6.00. The van der Waals surface area contributed by atoms with Crippen LogP contribution in [0.4, 0.5) is 10.5 Å². The van der Waals surface area contributed by atoms with Crippen LogP contribution in [0.25, 0.3) is 17.4 Å². The fourth-order valence-corrected chi connectivity index (χ4v) is 4.21. The Morgan fingerprint density at radius 3 is 2.70 bits per heavy atom. The van der Waals surface area contributed by atoms with Gasteiger partial charge in [-0.1, -0.05) is 0 Å². The van der Waals surface area contributed by atoms with E-state index in [2.05, 4.69) is 0 Å². The van der Waals surface area contributed by atoms with Crippen LogP contribution in [0.1, 0.15) is 5.76 Å². The first-order chi connectivity index (χ1) is 15.9. The summed E-state index contributed by atoms with van der Waals surface area (Å²) in [5.41, 5.74) is 0.241. The Bertz CT molecular complexity index is 1150. The number of nitro groups is 1. The van der Waals surface area contributed by atoms with E-state index in [0.29, 0.717) is 55.1 Å². The first-order valence-corrected chi connectivity index (χ1v) is 10.7. The van der Waals surface area contributed by atoms with Crippen LogP contribution >= 0.6 is 11.8 Å². The number of thioether (sulfide) groups is 1. The molecule has 3 heterocycles. The van der Waals surface area contributed by atoms with Crippen molar-refractivity contribution in [2.24, 2.45) is 0 Å². The summed E-state index contributed by atoms with van der Waals surface area (Å²) in [6.45, 7) is 1.34. The summed E-state index contributed by atoms with van der Waals surface area (Å²) < 4.78 is 16.2. The van der Waals surface area contributed by atoms with Gasteiger partial charge in [0.15, 0.2) is 0 Å². The second-order valence-corrected chi connectivity index (χ2v) is 8.10. The number of nitro benzene ring substituents is 1. The van der Waals surface area contributed by atoms with Gasteiger partial charge in [-0.05, 0) is 30.0 Å². The predicted octanol–water partition coefficient (Wildman–Crippen LogP) is 2.76. The number of methoxy groups -OCH3 is 1. The molecule has 0 N–H and O–H groups in total. The van der Waals surface area contributed by atoms with E-state index in [1.807, 2.05) is 0 Å². The number of carbonyl (C=O) groups is 3. The van der Waals surface area contributed by atoms with Gasteiger partial charge in [0.25, 0.3) is 16.8 Å². The molecule has 3 amide bonds. The molecule has 2 aromatic rings. The summed E-state index contributed by atoms with van der Waals surface area (Å²) in [5, 5.41) is 10.6. The molecule has 172 valence electrons. The number of carbonyl (C=O) groups excluding carboxylic acids is 3. The molecule has 2 aliphatic rings. The van der Waals surface area contributed by atoms with Crippen LogP contribution in [-0.2, 0) is 14.3 Å². The number of non-ortho nitro benzene ring substituents is 1. The molecule has 12 heteroatoms. The van der Waals surface area contributed by atoms with Gasteiger partial charge in [-0.3, -0.25) is 29.4 Å². The van der Waals surface area contributed by atoms with Gasteiger partial charge in [-0.25, -0.2) is 0 Å². The molecular weight excluding hydrogens is 454 g/mol. The molecule has 4 rings (SSSR count). The second kappa shape index (κ2) is 9.46. The van der Waals surface area contributed by atoms with Crippen molar-refractivity contribution in [2.75, 3.05) is 40.0 Å². The molecule has 0 aliphatic carbocycles. The van der Waals surface area contributed by atoms with Crippen molar-refractivity contribution >= 4 is 40.6 Å². The quantitative estimate of drug-likeness (QED) is 0.353. The van der Waals surface area contributed by atoms with Crippen LogP contribution in [0, 0.1) is 10.1 Å². The van der Waals surface area contributed by atoms with Gasteiger partial charge in [0.2, 0.25) is 5.91 Å². The van der Waals surface area contributed by atoms with Crippen molar-refractivity contribution in [3.05, 3.63) is 51.1 Å². The average molecular weight is 473 g/mol. The molecule has 0 unspecified atom stereocenters. The van der Waals surface area contributed by atoms with E-state index < -0.39 is 16.1 Å². The number of rotatable bonds is 6. The van der Waals surface area contributed by atoms with Crippen LogP contribution < -0.4 is 4.74 Å². The van der Waals surface area contributed by atoms with Gasteiger partial charge in [0.05, 0.1) is 35.7 Å². The summed E-state index contributed by atoms with van der Waals surface area (Å²) in [6.07, 6.45) is 1.40. The molecule has 0 atom stereocenters. The molecule has 0 radical (unpaired) electrons. The topological polar surface area (TPSA) is 132 Å². The number of hydrogen-bond donors (Lipinski definition) is 0. The summed E-state index contributed by atoms with van der Waals surface area (Å²) in [7, 11) is 1.43. The molecule has 2 fully saturated rings. The van der Waals surface area contributed by atoms with Crippen LogP contribution in [-0.4, -0.2) is 71.7 Å². The van der Waals surface area contributed by atoms with E-state index in [-0.39, 0.29) is 28.8 Å². The van der Waals surface area contributed by atoms with Crippen molar-refractivity contribution in [3.63, 3.8) is 0 Å². The lowest BCUT2D eigenvalue weighted by molar-refractivity contribution is -0.384. The Morgan fingerprint density at radius 2 is 2.00 bits per heavy atom. The van der Waals surface area contributed by atoms with Crippen LogP contribution in [0.5, 0.6) is 5.75 Å². The van der Waals surface area contributed by atoms with Crippen molar-refractivity contribution in [1.29, 1.82) is 0 Å². The monoisotopic (exact) mass is 473 g/mol. The molecule has 33 heavy (non-hydrogen) atoms. The Hall–Kier alpha value is -3.64. The maximum atomic E-state index is 12.7. The van der Waals surface area contributed by atoms with Gasteiger partial charge in [0, 0.05) is 31.3 Å². The summed E-state index contributed by atoms with van der Waals surface area (Å²) in [4.78, 5) is 50.6. The zero-order chi connectivity index (χ0) is 23.5. The maximum Gasteiger partial charge on any atom is 0.294 e. The molecular formula is C21H19N3O8S. The minimum Gasteiger partial charge on any atom is -0.496 e. The number of benzene rings is 1. The summed E-state index contributed by atoms with van der Waals surface area (Å²) >= 11 is 0.713. The van der Waals surface area contributed by atoms with Gasteiger partial charge < -0.3 is 18.8 Å². The van der Waals surface area contributed by atoms with Gasteiger partial charge in [0.1, 0.15) is 23.8 Å². The van der Waals surface area contributed by atoms with E-state index in [9.17, 15) is 24.5 Å². The molecule has 2 saturated heterocycles. The van der Waals surface area contributed by atoms with E-state index in [1.54, 1.807) is 17.0 Å². The van der Waals surface area contributed by atoms with E-state index >= 15 is 0 Å². The van der Waals surface area contributed by atoms with Crippen LogP contribution in [0.15, 0.2) is 39.7 Å². The smallest absolute Gasteiger partial charge is 0.294 e. The van der Waals surface area contributed by atoms with Gasteiger partial charge in [-0.2, -0.15) is 0 Å². The van der Waals surface area contributed by atoms with Crippen molar-refractivity contribution < 1.29 is 33.2 Å². The van der Waals surface area contributed by atoms with E-state index in [0.717, 1.165) is 4.90 Å². The van der Waals surface area contributed by atoms with Gasteiger partial charge >= 0.3 is 0 Å². The standard InChI is InChI=1S/C21H19N3O8S/c1-30-16-4-2-13(24(28)29)10-15(16)17-5-3-14(32-17)11-18-20(26)23(21(27)33-18)12-19(25)22-6-8-31-9-7-22/h2-5,10-11H,6-9,12H2,1H3/b18-11-. The van der Waals surface area contributed by atoms with Crippen molar-refractivity contribution in [2.45, 2.75) is 0 Å². The molecule has 2 aliphatic heterocycles. The molecule has 1 aromatic carbocycles. The Morgan fingerprint density at radius 1 is 1.24 bits per heavy atom. The molecule has 1 aromatic heterocycles. The highest BCUT2D eigenvalue weighted by Gasteiger charge is 2.37. The molecule has 0 spiro atoms. The first kappa shape index (κ1) is 22.6. The van der Waals surface area contributed by atoms with E-state index in [1.165, 1.54) is 31.4 Å². The normalized spacial score (nSPS) is 17.7. The fourth-order valence-electron chi connectivity index (χ4n) is 3.39. The largest absolute Gasteiger partial charge is 0.496 e. The SMILES string of the molecule is COc1ccc([N+](=O)[O-])cc1-c1ccc(/C=C2\SC(=O)N(CC(=O)N3CCOCC3)C2=O)o1. The Kier molecular flexibility index (Phi) is 6.47. The lowest BCUT2D eigenvalue weighted by Crippen LogP contribution is -2.46. The van der Waals surface area contributed by atoms with Crippen LogP contribution in [0.2, 0.25) is 0 Å². The second-order valence-electron chi connectivity index (χ2n) is 7.10. The number of hydrogen-bond acceptors (Lipinski definition) is 9.